The van der Waals surface area contributed by atoms with Crippen molar-refractivity contribution in [2.45, 2.75) is 112 Å². The highest BCUT2D eigenvalue weighted by Crippen LogP contribution is 2.75. The smallest absolute Gasteiger partial charge is 0.310 e. The number of aliphatic hydroxyl groups excluding tert-OH is 1. The van der Waals surface area contributed by atoms with Crippen molar-refractivity contribution in [2.75, 3.05) is 0 Å². The average molecular weight is 471 g/mol. The summed E-state index contributed by atoms with van der Waals surface area (Å²) in [4.78, 5) is 25.1. The highest BCUT2D eigenvalue weighted by molar-refractivity contribution is 5.76. The first-order valence-corrected chi connectivity index (χ1v) is 13.8. The quantitative estimate of drug-likeness (QED) is 0.361. The van der Waals surface area contributed by atoms with Crippen LogP contribution in [-0.2, 0) is 9.59 Å². The second-order valence-electron chi connectivity index (χ2n) is 14.7. The van der Waals surface area contributed by atoms with Crippen LogP contribution in [0.5, 0.6) is 0 Å². The van der Waals surface area contributed by atoms with Gasteiger partial charge in [-0.1, -0.05) is 53.2 Å². The van der Waals surface area contributed by atoms with Crippen LogP contribution >= 0.6 is 0 Å². The summed E-state index contributed by atoms with van der Waals surface area (Å²) in [6, 6.07) is 0. The molecule has 5 rings (SSSR count). The van der Waals surface area contributed by atoms with Crippen LogP contribution < -0.4 is 0 Å². The van der Waals surface area contributed by atoms with Crippen molar-refractivity contribution >= 4 is 12.3 Å². The Kier molecular flexibility index (Phi) is 5.20. The fourth-order valence-electron chi connectivity index (χ4n) is 10.5. The summed E-state index contributed by atoms with van der Waals surface area (Å²) >= 11 is 0. The van der Waals surface area contributed by atoms with Gasteiger partial charge in [0.05, 0.1) is 16.9 Å². The van der Waals surface area contributed by atoms with Crippen molar-refractivity contribution in [1.82, 2.24) is 0 Å². The molecule has 0 radical (unpaired) electrons. The van der Waals surface area contributed by atoms with Crippen molar-refractivity contribution in [1.29, 1.82) is 0 Å². The minimum atomic E-state index is -0.669. The number of aldehydes is 1. The highest BCUT2D eigenvalue weighted by Gasteiger charge is 2.69. The molecule has 34 heavy (non-hydrogen) atoms. The monoisotopic (exact) mass is 470 g/mol. The number of aliphatic hydroxyl groups is 1. The van der Waals surface area contributed by atoms with Crippen molar-refractivity contribution < 1.29 is 19.8 Å². The minimum absolute atomic E-state index is 0.00538. The number of aliphatic carboxylic acids is 1. The predicted molar refractivity (Wildman–Crippen MR) is 133 cm³/mol. The fourth-order valence-corrected chi connectivity index (χ4v) is 10.5. The van der Waals surface area contributed by atoms with Gasteiger partial charge in [-0.15, -0.1) is 0 Å². The molecule has 0 amide bonds. The first kappa shape index (κ1) is 24.5. The predicted octanol–water partition coefficient (Wildman–Crippen LogP) is 6.41. The molecule has 4 nitrogen and oxygen atoms in total. The summed E-state index contributed by atoms with van der Waals surface area (Å²) < 4.78 is 0. The van der Waals surface area contributed by atoms with Gasteiger partial charge >= 0.3 is 5.97 Å². The van der Waals surface area contributed by atoms with Gasteiger partial charge in [0.1, 0.15) is 6.29 Å². The third kappa shape index (κ3) is 2.81. The van der Waals surface area contributed by atoms with E-state index in [1.165, 1.54) is 5.57 Å². The normalized spacial score (nSPS) is 53.9. The zero-order valence-corrected chi connectivity index (χ0v) is 22.2. The van der Waals surface area contributed by atoms with Crippen LogP contribution in [0.3, 0.4) is 0 Å². The van der Waals surface area contributed by atoms with Gasteiger partial charge in [-0.3, -0.25) is 4.79 Å². The second kappa shape index (κ2) is 7.20. The van der Waals surface area contributed by atoms with Crippen molar-refractivity contribution in [3.63, 3.8) is 0 Å². The Hall–Kier alpha value is -1.16. The fraction of sp³-hybridized carbons (Fsp3) is 0.867. The van der Waals surface area contributed by atoms with Crippen LogP contribution in [0.2, 0.25) is 0 Å². The van der Waals surface area contributed by atoms with E-state index >= 15 is 0 Å². The third-order valence-corrected chi connectivity index (χ3v) is 13.0. The molecule has 190 valence electrons. The van der Waals surface area contributed by atoms with Crippen LogP contribution in [0.4, 0.5) is 0 Å². The van der Waals surface area contributed by atoms with E-state index < -0.39 is 22.9 Å². The first-order chi connectivity index (χ1) is 15.7. The largest absolute Gasteiger partial charge is 0.481 e. The molecule has 0 aromatic heterocycles. The van der Waals surface area contributed by atoms with Crippen LogP contribution in [0.25, 0.3) is 0 Å². The molecule has 0 aliphatic heterocycles. The number of hydrogen-bond donors (Lipinski definition) is 2. The Morgan fingerprint density at radius 3 is 2.26 bits per heavy atom. The molecule has 5 aliphatic carbocycles. The molecule has 0 aromatic rings. The number of fused-ring (bicyclic) bond motifs is 7. The standard InChI is InChI=1S/C30H46O4/c1-25(2)13-15-30(24(33)34)16-14-28(5)19(20(30)17-25)7-8-22-26(3)11-10-23(32)27(4,18-31)21(26)9-12-29(22,28)6/h7,18,20-23,32H,8-17H2,1-6H3,(H,33,34)/t20-,21+,22+,23-,26-,27?,28+,29+,30-/m0/s1. The van der Waals surface area contributed by atoms with Crippen LogP contribution in [-0.4, -0.2) is 28.6 Å². The summed E-state index contributed by atoms with van der Waals surface area (Å²) in [6.45, 7) is 14.0. The Labute approximate surface area is 206 Å². The highest BCUT2D eigenvalue weighted by atomic mass is 16.4. The van der Waals surface area contributed by atoms with E-state index in [1.807, 2.05) is 6.92 Å². The maximum absolute atomic E-state index is 12.8. The van der Waals surface area contributed by atoms with E-state index in [0.29, 0.717) is 12.3 Å². The molecule has 4 heteroatoms. The van der Waals surface area contributed by atoms with Gasteiger partial charge in [-0.2, -0.15) is 0 Å². The SMILES string of the molecule is CC1(C)CC[C@]2(C(=O)O)CC[C@]3(C)C(=CC[C@@H]4[C@@]5(C)CC[C@H](O)C(C)(C=O)[C@@H]5CC[C@]43C)[C@@H]2C1. The molecule has 4 saturated carbocycles. The first-order valence-electron chi connectivity index (χ1n) is 13.8. The van der Waals surface area contributed by atoms with Gasteiger partial charge in [-0.25, -0.2) is 0 Å². The molecule has 5 aliphatic rings. The lowest BCUT2D eigenvalue weighted by atomic mass is 9.33. The maximum atomic E-state index is 12.8. The van der Waals surface area contributed by atoms with Crippen molar-refractivity contribution in [2.24, 2.45) is 50.2 Å². The lowest BCUT2D eigenvalue weighted by Crippen LogP contribution is -2.65. The summed E-state index contributed by atoms with van der Waals surface area (Å²) in [6.07, 6.45) is 12.1. The zero-order valence-electron chi connectivity index (χ0n) is 22.2. The number of rotatable bonds is 2. The van der Waals surface area contributed by atoms with E-state index in [-0.39, 0.29) is 33.5 Å². The number of allylic oxidation sites excluding steroid dienone is 2. The van der Waals surface area contributed by atoms with Crippen molar-refractivity contribution in [3.8, 4) is 0 Å². The summed E-state index contributed by atoms with van der Waals surface area (Å²) in [7, 11) is 0. The lowest BCUT2D eigenvalue weighted by Gasteiger charge is -2.70. The Morgan fingerprint density at radius 2 is 1.62 bits per heavy atom. The molecule has 0 saturated heterocycles. The molecule has 2 N–H and O–H groups in total. The average Bonchev–Trinajstić information content (AvgIpc) is 2.76. The van der Waals surface area contributed by atoms with Crippen LogP contribution in [0.15, 0.2) is 11.6 Å². The summed E-state index contributed by atoms with van der Waals surface area (Å²) in [5.74, 6) is 0.201. The molecule has 1 unspecified atom stereocenters. The molecule has 4 fully saturated rings. The van der Waals surface area contributed by atoms with E-state index in [9.17, 15) is 19.8 Å². The Morgan fingerprint density at radius 1 is 0.941 bits per heavy atom. The van der Waals surface area contributed by atoms with Gasteiger partial charge in [0.25, 0.3) is 0 Å². The second-order valence-corrected chi connectivity index (χ2v) is 14.7. The van der Waals surface area contributed by atoms with Gasteiger partial charge in [0, 0.05) is 0 Å². The Balaban J connectivity index is 1.60. The van der Waals surface area contributed by atoms with Crippen LogP contribution in [0.1, 0.15) is 106 Å². The zero-order chi connectivity index (χ0) is 24.9. The number of carbonyl (C=O) groups is 2. The summed E-state index contributed by atoms with van der Waals surface area (Å²) in [5.41, 5.74) is 0.446. The molecule has 9 atom stereocenters. The van der Waals surface area contributed by atoms with E-state index in [4.69, 9.17) is 0 Å². The minimum Gasteiger partial charge on any atom is -0.481 e. The van der Waals surface area contributed by atoms with Gasteiger partial charge in [0.2, 0.25) is 0 Å². The number of hydrogen-bond acceptors (Lipinski definition) is 3. The summed E-state index contributed by atoms with van der Waals surface area (Å²) in [5, 5.41) is 21.3. The maximum Gasteiger partial charge on any atom is 0.310 e. The number of carboxylic acid groups (broad SMARTS) is 1. The van der Waals surface area contributed by atoms with Gasteiger partial charge in [0.15, 0.2) is 0 Å². The van der Waals surface area contributed by atoms with Gasteiger partial charge < -0.3 is 15.0 Å². The third-order valence-electron chi connectivity index (χ3n) is 13.0. The van der Waals surface area contributed by atoms with E-state index in [1.54, 1.807) is 0 Å². The molecule has 0 bridgehead atoms. The van der Waals surface area contributed by atoms with Crippen LogP contribution in [0, 0.1) is 50.2 Å². The molecule has 0 heterocycles. The molecule has 0 aromatic carbocycles. The van der Waals surface area contributed by atoms with Crippen molar-refractivity contribution in [3.05, 3.63) is 11.6 Å². The molecular formula is C30H46O4. The number of carbonyl (C=O) groups excluding carboxylic acids is 1. The Bertz CT molecular complexity index is 936. The topological polar surface area (TPSA) is 74.6 Å². The number of carboxylic acids is 1. The van der Waals surface area contributed by atoms with E-state index in [2.05, 4.69) is 40.7 Å². The molecular weight excluding hydrogens is 424 g/mol. The molecule has 0 spiro atoms. The lowest BCUT2D eigenvalue weighted by molar-refractivity contribution is -0.204. The van der Waals surface area contributed by atoms with E-state index in [0.717, 1.165) is 64.1 Å². The van der Waals surface area contributed by atoms with Gasteiger partial charge in [-0.05, 0) is 104 Å².